The van der Waals surface area contributed by atoms with E-state index in [4.69, 9.17) is 9.15 Å². The average Bonchev–Trinajstić information content (AvgIpc) is 2.68. The van der Waals surface area contributed by atoms with Gasteiger partial charge in [-0.05, 0) is 48.6 Å². The van der Waals surface area contributed by atoms with Crippen molar-refractivity contribution in [2.45, 2.75) is 40.0 Å². The molecule has 2 aromatic carbocycles. The normalized spacial score (nSPS) is 10.9. The van der Waals surface area contributed by atoms with E-state index in [2.05, 4.69) is 19.9 Å². The summed E-state index contributed by atoms with van der Waals surface area (Å²) < 4.78 is 10.7. The van der Waals surface area contributed by atoms with Crippen molar-refractivity contribution in [1.82, 2.24) is 0 Å². The second-order valence-electron chi connectivity index (χ2n) is 6.42. The highest BCUT2D eigenvalue weighted by Gasteiger charge is 2.20. The molecule has 3 aromatic rings. The number of carbonyl (C=O) groups excluding carboxylic acids is 1. The Balaban J connectivity index is 2.35. The SMILES string of the molecule is CCOC(=O)Cc1c(-c2ccccc2)c2cc(CC)c(CC)cc2oc1=O. The van der Waals surface area contributed by atoms with Crippen LogP contribution < -0.4 is 5.63 Å². The molecule has 0 aliphatic carbocycles. The van der Waals surface area contributed by atoms with Crippen LogP contribution in [-0.2, 0) is 28.8 Å². The Morgan fingerprint density at radius 1 is 1.00 bits per heavy atom. The molecule has 3 rings (SSSR count). The maximum absolute atomic E-state index is 12.7. The third-order valence-electron chi connectivity index (χ3n) is 4.77. The molecule has 27 heavy (non-hydrogen) atoms. The lowest BCUT2D eigenvalue weighted by atomic mass is 9.92. The lowest BCUT2D eigenvalue weighted by Crippen LogP contribution is -2.17. The molecule has 0 fully saturated rings. The van der Waals surface area contributed by atoms with E-state index < -0.39 is 11.6 Å². The van der Waals surface area contributed by atoms with Crippen LogP contribution in [0, 0.1) is 0 Å². The lowest BCUT2D eigenvalue weighted by molar-refractivity contribution is -0.142. The molecule has 0 unspecified atom stereocenters. The molecular formula is C23H24O4. The first-order chi connectivity index (χ1) is 13.1. The molecule has 0 spiro atoms. The van der Waals surface area contributed by atoms with Crippen molar-refractivity contribution >= 4 is 16.9 Å². The Morgan fingerprint density at radius 2 is 1.67 bits per heavy atom. The molecule has 0 N–H and O–H groups in total. The Morgan fingerprint density at radius 3 is 2.30 bits per heavy atom. The highest BCUT2D eigenvalue weighted by atomic mass is 16.5. The van der Waals surface area contributed by atoms with Gasteiger partial charge in [0.15, 0.2) is 0 Å². The van der Waals surface area contributed by atoms with Crippen molar-refractivity contribution in [2.24, 2.45) is 0 Å². The van der Waals surface area contributed by atoms with Gasteiger partial charge in [-0.15, -0.1) is 0 Å². The molecule has 0 atom stereocenters. The predicted octanol–water partition coefficient (Wildman–Crippen LogP) is 4.69. The summed E-state index contributed by atoms with van der Waals surface area (Å²) in [5.41, 5.74) is 4.45. The first kappa shape index (κ1) is 18.9. The van der Waals surface area contributed by atoms with Crippen LogP contribution in [0.3, 0.4) is 0 Å². The van der Waals surface area contributed by atoms with E-state index in [0.717, 1.165) is 29.4 Å². The van der Waals surface area contributed by atoms with Crippen LogP contribution in [-0.4, -0.2) is 12.6 Å². The highest BCUT2D eigenvalue weighted by Crippen LogP contribution is 2.33. The maximum atomic E-state index is 12.7. The Labute approximate surface area is 158 Å². The molecule has 0 radical (unpaired) electrons. The van der Waals surface area contributed by atoms with Gasteiger partial charge >= 0.3 is 11.6 Å². The van der Waals surface area contributed by atoms with Crippen LogP contribution in [0.4, 0.5) is 0 Å². The summed E-state index contributed by atoms with van der Waals surface area (Å²) in [6.45, 7) is 6.23. The summed E-state index contributed by atoms with van der Waals surface area (Å²) in [4.78, 5) is 24.9. The maximum Gasteiger partial charge on any atom is 0.340 e. The van der Waals surface area contributed by atoms with Gasteiger partial charge in [0.25, 0.3) is 0 Å². The van der Waals surface area contributed by atoms with E-state index >= 15 is 0 Å². The van der Waals surface area contributed by atoms with Crippen molar-refractivity contribution in [2.75, 3.05) is 6.61 Å². The standard InChI is InChI=1S/C23H24O4/c1-4-15-12-18-20(13-16(15)5-2)27-23(25)19(14-21(24)26-6-3)22(18)17-10-8-7-9-11-17/h7-13H,4-6,14H2,1-3H3. The highest BCUT2D eigenvalue weighted by molar-refractivity contribution is 5.97. The van der Waals surface area contributed by atoms with Crippen LogP contribution in [0.1, 0.15) is 37.5 Å². The quantitative estimate of drug-likeness (QED) is 0.470. The number of hydrogen-bond donors (Lipinski definition) is 0. The molecule has 1 heterocycles. The van der Waals surface area contributed by atoms with Gasteiger partial charge < -0.3 is 9.15 Å². The van der Waals surface area contributed by atoms with Crippen molar-refractivity contribution < 1.29 is 13.9 Å². The molecule has 0 aliphatic heterocycles. The third-order valence-corrected chi connectivity index (χ3v) is 4.77. The largest absolute Gasteiger partial charge is 0.466 e. The fourth-order valence-corrected chi connectivity index (χ4v) is 3.48. The Kier molecular flexibility index (Phi) is 5.75. The second kappa shape index (κ2) is 8.21. The first-order valence-corrected chi connectivity index (χ1v) is 9.41. The number of benzene rings is 2. The second-order valence-corrected chi connectivity index (χ2v) is 6.42. The van der Waals surface area contributed by atoms with Crippen molar-refractivity contribution in [3.8, 4) is 11.1 Å². The minimum absolute atomic E-state index is 0.104. The van der Waals surface area contributed by atoms with Crippen molar-refractivity contribution in [1.29, 1.82) is 0 Å². The smallest absolute Gasteiger partial charge is 0.340 e. The van der Waals surface area contributed by atoms with Crippen LogP contribution in [0.2, 0.25) is 0 Å². The molecular weight excluding hydrogens is 340 g/mol. The molecule has 0 aliphatic rings. The minimum atomic E-state index is -0.485. The molecule has 0 saturated heterocycles. The summed E-state index contributed by atoms with van der Waals surface area (Å²) in [6, 6.07) is 13.7. The molecule has 0 amide bonds. The van der Waals surface area contributed by atoms with Crippen LogP contribution in [0.25, 0.3) is 22.1 Å². The first-order valence-electron chi connectivity index (χ1n) is 9.41. The molecule has 0 saturated carbocycles. The molecule has 1 aromatic heterocycles. The number of rotatable bonds is 6. The zero-order valence-corrected chi connectivity index (χ0v) is 16.0. The van der Waals surface area contributed by atoms with Crippen LogP contribution in [0.15, 0.2) is 51.7 Å². The monoisotopic (exact) mass is 364 g/mol. The van der Waals surface area contributed by atoms with E-state index in [9.17, 15) is 9.59 Å². The van der Waals surface area contributed by atoms with E-state index in [0.29, 0.717) is 11.1 Å². The van der Waals surface area contributed by atoms with Gasteiger partial charge in [-0.3, -0.25) is 4.79 Å². The van der Waals surface area contributed by atoms with Crippen molar-refractivity contribution in [3.05, 3.63) is 69.6 Å². The molecule has 140 valence electrons. The van der Waals surface area contributed by atoms with Gasteiger partial charge in [0.2, 0.25) is 0 Å². The minimum Gasteiger partial charge on any atom is -0.466 e. The third kappa shape index (κ3) is 3.80. The van der Waals surface area contributed by atoms with Crippen LogP contribution >= 0.6 is 0 Å². The average molecular weight is 364 g/mol. The van der Waals surface area contributed by atoms with Gasteiger partial charge in [0, 0.05) is 10.9 Å². The number of hydrogen-bond acceptors (Lipinski definition) is 4. The summed E-state index contributed by atoms with van der Waals surface area (Å²) in [6.07, 6.45) is 1.65. The van der Waals surface area contributed by atoms with Crippen molar-refractivity contribution in [3.63, 3.8) is 0 Å². The van der Waals surface area contributed by atoms with Gasteiger partial charge in [-0.25, -0.2) is 4.79 Å². The predicted molar refractivity (Wildman–Crippen MR) is 107 cm³/mol. The summed E-state index contributed by atoms with van der Waals surface area (Å²) in [7, 11) is 0. The fourth-order valence-electron chi connectivity index (χ4n) is 3.48. The zero-order chi connectivity index (χ0) is 19.4. The molecule has 0 bridgehead atoms. The van der Waals surface area contributed by atoms with Gasteiger partial charge in [0.05, 0.1) is 18.6 Å². The topological polar surface area (TPSA) is 56.5 Å². The van der Waals surface area contributed by atoms with Gasteiger partial charge in [0.1, 0.15) is 5.58 Å². The molecule has 4 nitrogen and oxygen atoms in total. The van der Waals surface area contributed by atoms with E-state index in [-0.39, 0.29) is 13.0 Å². The summed E-state index contributed by atoms with van der Waals surface area (Å²) >= 11 is 0. The van der Waals surface area contributed by atoms with E-state index in [1.807, 2.05) is 36.4 Å². The number of ether oxygens (including phenoxy) is 1. The van der Waals surface area contributed by atoms with Gasteiger partial charge in [-0.2, -0.15) is 0 Å². The Hall–Kier alpha value is -2.88. The fraction of sp³-hybridized carbons (Fsp3) is 0.304. The van der Waals surface area contributed by atoms with Gasteiger partial charge in [-0.1, -0.05) is 44.2 Å². The van der Waals surface area contributed by atoms with E-state index in [1.54, 1.807) is 6.92 Å². The zero-order valence-electron chi connectivity index (χ0n) is 16.0. The van der Waals surface area contributed by atoms with E-state index in [1.165, 1.54) is 11.1 Å². The number of carbonyl (C=O) groups is 1. The Bertz CT molecular complexity index is 1020. The number of aryl methyl sites for hydroxylation is 2. The lowest BCUT2D eigenvalue weighted by Gasteiger charge is -2.14. The number of esters is 1. The summed E-state index contributed by atoms with van der Waals surface area (Å²) in [5, 5.41) is 0.856. The number of fused-ring (bicyclic) bond motifs is 1. The summed E-state index contributed by atoms with van der Waals surface area (Å²) in [5.74, 6) is -0.428. The molecule has 4 heteroatoms. The van der Waals surface area contributed by atoms with Crippen LogP contribution in [0.5, 0.6) is 0 Å².